The Morgan fingerprint density at radius 3 is 2.50 bits per heavy atom. The Labute approximate surface area is 127 Å². The predicted molar refractivity (Wildman–Crippen MR) is 87.6 cm³/mol. The molecule has 0 saturated carbocycles. The highest BCUT2D eigenvalue weighted by Gasteiger charge is 2.11. The number of carbonyl (C=O) groups is 1. The van der Waals surface area contributed by atoms with E-state index in [1.54, 1.807) is 0 Å². The second kappa shape index (κ2) is 6.09. The van der Waals surface area contributed by atoms with Crippen LogP contribution >= 0.6 is 15.9 Å². The van der Waals surface area contributed by atoms with Crippen molar-refractivity contribution >= 4 is 33.2 Å². The normalized spacial score (nSPS) is 10.2. The van der Waals surface area contributed by atoms with Gasteiger partial charge in [0.1, 0.15) is 0 Å². The van der Waals surface area contributed by atoms with E-state index >= 15 is 0 Å². The molecule has 0 spiro atoms. The molecule has 0 saturated heterocycles. The first kappa shape index (κ1) is 14.6. The molecule has 2 aromatic carbocycles. The van der Waals surface area contributed by atoms with E-state index < -0.39 is 0 Å². The first-order valence-electron chi connectivity index (χ1n) is 6.38. The Bertz CT molecular complexity index is 653. The summed E-state index contributed by atoms with van der Waals surface area (Å²) in [5.41, 5.74) is 4.49. The van der Waals surface area contributed by atoms with Crippen LogP contribution in [0, 0.1) is 13.8 Å². The number of amides is 1. The molecular formula is C16H17BrN2O. The lowest BCUT2D eigenvalue weighted by atomic mass is 10.1. The summed E-state index contributed by atoms with van der Waals surface area (Å²) in [6.45, 7) is 3.92. The number of hydrogen-bond donors (Lipinski definition) is 2. The Morgan fingerprint density at radius 1 is 1.10 bits per heavy atom. The third-order valence-electron chi connectivity index (χ3n) is 3.20. The van der Waals surface area contributed by atoms with Gasteiger partial charge in [-0.1, -0.05) is 12.1 Å². The van der Waals surface area contributed by atoms with Gasteiger partial charge in [-0.25, -0.2) is 0 Å². The highest BCUT2D eigenvalue weighted by atomic mass is 79.9. The minimum absolute atomic E-state index is 0.101. The Balaban J connectivity index is 2.26. The molecule has 0 bridgehead atoms. The van der Waals surface area contributed by atoms with E-state index in [2.05, 4.69) is 26.6 Å². The maximum Gasteiger partial charge on any atom is 0.255 e. The van der Waals surface area contributed by atoms with Crippen LogP contribution in [0.15, 0.2) is 40.9 Å². The molecule has 0 aliphatic heterocycles. The summed E-state index contributed by atoms with van der Waals surface area (Å²) in [6.07, 6.45) is 0. The molecule has 0 heterocycles. The Kier molecular flexibility index (Phi) is 4.45. The van der Waals surface area contributed by atoms with Gasteiger partial charge in [-0.3, -0.25) is 4.79 Å². The molecule has 2 aromatic rings. The largest absolute Gasteiger partial charge is 0.388 e. The van der Waals surface area contributed by atoms with Crippen LogP contribution in [-0.2, 0) is 0 Å². The van der Waals surface area contributed by atoms with Gasteiger partial charge in [-0.05, 0) is 65.2 Å². The first-order chi connectivity index (χ1) is 9.52. The maximum absolute atomic E-state index is 12.3. The van der Waals surface area contributed by atoms with Gasteiger partial charge in [0.15, 0.2) is 0 Å². The number of nitrogens with one attached hydrogen (secondary N) is 2. The average molecular weight is 333 g/mol. The van der Waals surface area contributed by atoms with Crippen LogP contribution < -0.4 is 10.6 Å². The minimum atomic E-state index is -0.101. The molecule has 0 aliphatic rings. The molecule has 0 fully saturated rings. The third kappa shape index (κ3) is 3.02. The van der Waals surface area contributed by atoms with Gasteiger partial charge in [0.25, 0.3) is 5.91 Å². The van der Waals surface area contributed by atoms with Crippen molar-refractivity contribution in [1.82, 2.24) is 0 Å². The van der Waals surface area contributed by atoms with E-state index in [1.165, 1.54) is 0 Å². The number of anilines is 2. The smallest absolute Gasteiger partial charge is 0.255 e. The van der Waals surface area contributed by atoms with Crippen LogP contribution in [0.2, 0.25) is 0 Å². The van der Waals surface area contributed by atoms with Crippen molar-refractivity contribution in [1.29, 1.82) is 0 Å². The fraction of sp³-hybridized carbons (Fsp3) is 0.188. The zero-order chi connectivity index (χ0) is 14.7. The molecule has 0 aromatic heterocycles. The second-order valence-electron chi connectivity index (χ2n) is 4.67. The predicted octanol–water partition coefficient (Wildman–Crippen LogP) is 4.36. The molecule has 3 nitrogen and oxygen atoms in total. The quantitative estimate of drug-likeness (QED) is 0.876. The fourth-order valence-electron chi connectivity index (χ4n) is 2.01. The molecule has 1 amide bonds. The van der Waals surface area contributed by atoms with Crippen LogP contribution in [0.4, 0.5) is 11.4 Å². The number of hydrogen-bond acceptors (Lipinski definition) is 2. The van der Waals surface area contributed by atoms with Gasteiger partial charge in [0, 0.05) is 22.8 Å². The van der Waals surface area contributed by atoms with Gasteiger partial charge >= 0.3 is 0 Å². The van der Waals surface area contributed by atoms with Crippen LogP contribution in [-0.4, -0.2) is 13.0 Å². The van der Waals surface area contributed by atoms with Gasteiger partial charge in [0.05, 0.1) is 5.69 Å². The van der Waals surface area contributed by atoms with Gasteiger partial charge in [0.2, 0.25) is 0 Å². The average Bonchev–Trinajstić information content (AvgIpc) is 2.43. The molecule has 0 unspecified atom stereocenters. The third-order valence-corrected chi connectivity index (χ3v) is 4.25. The van der Waals surface area contributed by atoms with Crippen molar-refractivity contribution in [3.8, 4) is 0 Å². The highest BCUT2D eigenvalue weighted by molar-refractivity contribution is 9.10. The summed E-state index contributed by atoms with van der Waals surface area (Å²) in [5.74, 6) is -0.101. The molecular weight excluding hydrogens is 316 g/mol. The molecule has 2 N–H and O–H groups in total. The van der Waals surface area contributed by atoms with Crippen molar-refractivity contribution in [3.63, 3.8) is 0 Å². The zero-order valence-electron chi connectivity index (χ0n) is 11.8. The summed E-state index contributed by atoms with van der Waals surface area (Å²) in [7, 11) is 1.86. The molecule has 2 rings (SSSR count). The lowest BCUT2D eigenvalue weighted by molar-refractivity contribution is 0.102. The SMILES string of the molecule is CNc1ccc(C(=O)Nc2cccc(C)c2Br)c(C)c1. The van der Waals surface area contributed by atoms with Gasteiger partial charge < -0.3 is 10.6 Å². The number of aryl methyl sites for hydroxylation is 2. The number of benzene rings is 2. The minimum Gasteiger partial charge on any atom is -0.388 e. The fourth-order valence-corrected chi connectivity index (χ4v) is 2.37. The monoisotopic (exact) mass is 332 g/mol. The molecule has 0 atom stereocenters. The number of halogens is 1. The van der Waals surface area contributed by atoms with Crippen LogP contribution in [0.1, 0.15) is 21.5 Å². The summed E-state index contributed by atoms with van der Waals surface area (Å²) in [6, 6.07) is 11.5. The zero-order valence-corrected chi connectivity index (χ0v) is 13.3. The van der Waals surface area contributed by atoms with E-state index in [0.29, 0.717) is 5.56 Å². The van der Waals surface area contributed by atoms with E-state index in [1.807, 2.05) is 57.3 Å². The molecule has 4 heteroatoms. The molecule has 0 aliphatic carbocycles. The lowest BCUT2D eigenvalue weighted by Gasteiger charge is -2.11. The van der Waals surface area contributed by atoms with Crippen LogP contribution in [0.25, 0.3) is 0 Å². The molecule has 0 radical (unpaired) electrons. The molecule has 104 valence electrons. The van der Waals surface area contributed by atoms with Gasteiger partial charge in [-0.15, -0.1) is 0 Å². The van der Waals surface area contributed by atoms with Gasteiger partial charge in [-0.2, -0.15) is 0 Å². The summed E-state index contributed by atoms with van der Waals surface area (Å²) in [5, 5.41) is 6.00. The topological polar surface area (TPSA) is 41.1 Å². The van der Waals surface area contributed by atoms with Crippen molar-refractivity contribution in [2.75, 3.05) is 17.7 Å². The number of carbonyl (C=O) groups excluding carboxylic acids is 1. The Morgan fingerprint density at radius 2 is 1.85 bits per heavy atom. The maximum atomic E-state index is 12.3. The highest BCUT2D eigenvalue weighted by Crippen LogP contribution is 2.26. The Hall–Kier alpha value is -1.81. The van der Waals surface area contributed by atoms with Crippen molar-refractivity contribution in [3.05, 3.63) is 57.6 Å². The van der Waals surface area contributed by atoms with Crippen molar-refractivity contribution in [2.24, 2.45) is 0 Å². The van der Waals surface area contributed by atoms with Crippen molar-refractivity contribution < 1.29 is 4.79 Å². The summed E-state index contributed by atoms with van der Waals surface area (Å²) < 4.78 is 0.915. The van der Waals surface area contributed by atoms with E-state index in [4.69, 9.17) is 0 Å². The van der Waals surface area contributed by atoms with E-state index in [-0.39, 0.29) is 5.91 Å². The second-order valence-corrected chi connectivity index (χ2v) is 5.46. The van der Waals surface area contributed by atoms with Crippen LogP contribution in [0.3, 0.4) is 0 Å². The molecule has 20 heavy (non-hydrogen) atoms. The number of rotatable bonds is 3. The van der Waals surface area contributed by atoms with E-state index in [9.17, 15) is 4.79 Å². The first-order valence-corrected chi connectivity index (χ1v) is 7.17. The summed E-state index contributed by atoms with van der Waals surface area (Å²) in [4.78, 5) is 12.3. The standard InChI is InChI=1S/C16H17BrN2O/c1-10-5-4-6-14(15(10)17)19-16(20)13-8-7-12(18-3)9-11(13)2/h4-9,18H,1-3H3,(H,19,20). The van der Waals surface area contributed by atoms with Crippen LogP contribution in [0.5, 0.6) is 0 Å². The van der Waals surface area contributed by atoms with Crippen molar-refractivity contribution in [2.45, 2.75) is 13.8 Å². The van der Waals surface area contributed by atoms with E-state index in [0.717, 1.165) is 27.0 Å². The lowest BCUT2D eigenvalue weighted by Crippen LogP contribution is -2.14. The summed E-state index contributed by atoms with van der Waals surface area (Å²) >= 11 is 3.50.